The second-order valence-electron chi connectivity index (χ2n) is 6.95. The topological polar surface area (TPSA) is 118 Å². The van der Waals surface area contributed by atoms with Crippen molar-refractivity contribution in [1.82, 2.24) is 14.7 Å². The highest BCUT2D eigenvalue weighted by Gasteiger charge is 2.22. The van der Waals surface area contributed by atoms with Crippen molar-refractivity contribution < 1.29 is 24.3 Å². The molecule has 0 unspecified atom stereocenters. The first-order valence-corrected chi connectivity index (χ1v) is 10.0. The van der Waals surface area contributed by atoms with Crippen LogP contribution in [0.5, 0.6) is 5.75 Å². The van der Waals surface area contributed by atoms with E-state index in [4.69, 9.17) is 16.1 Å². The Morgan fingerprint density at radius 1 is 1.23 bits per heavy atom. The molecule has 0 aliphatic carbocycles. The molecule has 0 radical (unpaired) electrons. The second-order valence-corrected chi connectivity index (χ2v) is 7.30. The summed E-state index contributed by atoms with van der Waals surface area (Å²) in [5.74, 6) is -0.481. The van der Waals surface area contributed by atoms with Crippen LogP contribution in [0.1, 0.15) is 48.0 Å². The molecule has 0 aliphatic rings. The summed E-state index contributed by atoms with van der Waals surface area (Å²) in [6.07, 6.45) is 3.81. The van der Waals surface area contributed by atoms with E-state index in [9.17, 15) is 19.8 Å². The van der Waals surface area contributed by atoms with Crippen molar-refractivity contribution in [3.8, 4) is 17.1 Å². The number of carboxylic acid groups (broad SMARTS) is 1. The third-order valence-electron chi connectivity index (χ3n) is 4.66. The minimum absolute atomic E-state index is 0.0199. The predicted octanol–water partition coefficient (Wildman–Crippen LogP) is 4.14. The van der Waals surface area contributed by atoms with Crippen molar-refractivity contribution in [2.24, 2.45) is 0 Å². The maximum Gasteiger partial charge on any atom is 0.339 e. The fourth-order valence-electron chi connectivity index (χ4n) is 3.07. The Bertz CT molecular complexity index is 1040. The van der Waals surface area contributed by atoms with Crippen LogP contribution in [0.4, 0.5) is 0 Å². The summed E-state index contributed by atoms with van der Waals surface area (Å²) in [5.41, 5.74) is 1.07. The number of carbonyl (C=O) groups is 2. The number of benzene rings is 1. The molecule has 0 saturated carbocycles. The third kappa shape index (κ3) is 5.07. The summed E-state index contributed by atoms with van der Waals surface area (Å²) < 4.78 is 6.86. The van der Waals surface area contributed by atoms with Gasteiger partial charge in [-0.15, -0.1) is 0 Å². The van der Waals surface area contributed by atoms with E-state index >= 15 is 0 Å². The number of aromatic nitrogens is 3. The second kappa shape index (κ2) is 9.58. The number of phenols is 1. The lowest BCUT2D eigenvalue weighted by Gasteiger charge is -2.02. The monoisotopic (exact) mass is 431 g/mol. The number of aryl methyl sites for hydroxylation is 2. The number of ketones is 1. The fraction of sp³-hybridized carbons (Fsp3) is 0.333. The van der Waals surface area contributed by atoms with Crippen molar-refractivity contribution in [3.05, 3.63) is 52.6 Å². The molecule has 30 heavy (non-hydrogen) atoms. The Kier molecular flexibility index (Phi) is 6.89. The third-order valence-corrected chi connectivity index (χ3v) is 5.06. The van der Waals surface area contributed by atoms with Crippen molar-refractivity contribution in [2.45, 2.75) is 45.6 Å². The van der Waals surface area contributed by atoms with E-state index in [1.807, 2.05) is 6.92 Å². The van der Waals surface area contributed by atoms with E-state index in [0.717, 1.165) is 12.8 Å². The molecule has 2 N–H and O–H groups in total. The van der Waals surface area contributed by atoms with Gasteiger partial charge in [-0.1, -0.05) is 30.1 Å². The number of nitrogens with zero attached hydrogens (tertiary/aromatic N) is 3. The zero-order valence-electron chi connectivity index (χ0n) is 16.5. The SMILES string of the molecule is CCCCn1cc(CC(=O)CCc2nc(-c3ccc(O)cc3)no2)c(C(=O)O)c1Cl. The maximum absolute atomic E-state index is 12.4. The number of hydrogen-bond donors (Lipinski definition) is 2. The Morgan fingerprint density at radius 3 is 2.63 bits per heavy atom. The molecular formula is C21H22ClN3O5. The Labute approximate surface area is 178 Å². The van der Waals surface area contributed by atoms with Gasteiger partial charge < -0.3 is 19.3 Å². The summed E-state index contributed by atoms with van der Waals surface area (Å²) in [4.78, 5) is 28.3. The minimum Gasteiger partial charge on any atom is -0.508 e. The Morgan fingerprint density at radius 2 is 1.97 bits per heavy atom. The molecule has 1 aromatic carbocycles. The summed E-state index contributed by atoms with van der Waals surface area (Å²) in [7, 11) is 0. The van der Waals surface area contributed by atoms with Crippen molar-refractivity contribution in [1.29, 1.82) is 0 Å². The van der Waals surface area contributed by atoms with Gasteiger partial charge in [0.25, 0.3) is 0 Å². The van der Waals surface area contributed by atoms with E-state index in [0.29, 0.717) is 29.4 Å². The molecule has 9 heteroatoms. The number of halogens is 1. The number of aromatic hydroxyl groups is 1. The zero-order valence-corrected chi connectivity index (χ0v) is 17.2. The highest BCUT2D eigenvalue weighted by Crippen LogP contribution is 2.25. The number of Topliss-reactive ketones (excluding diaryl/α,β-unsaturated/α-hetero) is 1. The van der Waals surface area contributed by atoms with E-state index in [1.165, 1.54) is 12.1 Å². The normalized spacial score (nSPS) is 11.0. The molecule has 0 spiro atoms. The van der Waals surface area contributed by atoms with Crippen LogP contribution in [0.2, 0.25) is 5.15 Å². The molecule has 8 nitrogen and oxygen atoms in total. The van der Waals surface area contributed by atoms with Gasteiger partial charge in [-0.25, -0.2) is 4.79 Å². The van der Waals surface area contributed by atoms with Gasteiger partial charge in [0.15, 0.2) is 0 Å². The van der Waals surface area contributed by atoms with Gasteiger partial charge in [0.05, 0.1) is 5.56 Å². The average Bonchev–Trinajstić information content (AvgIpc) is 3.30. The Balaban J connectivity index is 1.64. The quantitative estimate of drug-likeness (QED) is 0.495. The fourth-order valence-corrected chi connectivity index (χ4v) is 3.40. The molecule has 2 aromatic heterocycles. The zero-order chi connectivity index (χ0) is 21.7. The van der Waals surface area contributed by atoms with Crippen LogP contribution in [0.15, 0.2) is 35.0 Å². The molecule has 0 atom stereocenters. The summed E-state index contributed by atoms with van der Waals surface area (Å²) in [5, 5.41) is 22.8. The first-order chi connectivity index (χ1) is 14.4. The standard InChI is InChI=1S/C21H22ClN3O5/c1-2-3-10-25-12-14(18(19(25)22)21(28)29)11-16(27)8-9-17-23-20(24-30-17)13-4-6-15(26)7-5-13/h4-7,12,26H,2-3,8-11H2,1H3,(H,28,29). The molecule has 0 saturated heterocycles. The highest BCUT2D eigenvalue weighted by atomic mass is 35.5. The lowest BCUT2D eigenvalue weighted by atomic mass is 10.0. The molecule has 2 heterocycles. The molecule has 158 valence electrons. The molecule has 0 fully saturated rings. The number of aromatic carboxylic acids is 1. The first kappa shape index (κ1) is 21.6. The number of carbonyl (C=O) groups excluding carboxylic acids is 1. The van der Waals surface area contributed by atoms with Gasteiger partial charge >= 0.3 is 5.97 Å². The number of hydrogen-bond acceptors (Lipinski definition) is 6. The van der Waals surface area contributed by atoms with Gasteiger partial charge in [-0.3, -0.25) is 4.79 Å². The van der Waals surface area contributed by atoms with Gasteiger partial charge in [-0.05, 0) is 36.2 Å². The number of phenolic OH excluding ortho intramolecular Hbond substituents is 1. The lowest BCUT2D eigenvalue weighted by Crippen LogP contribution is -2.08. The Hall–Kier alpha value is -3.13. The van der Waals surface area contributed by atoms with Crippen molar-refractivity contribution in [2.75, 3.05) is 0 Å². The van der Waals surface area contributed by atoms with Crippen LogP contribution in [-0.4, -0.2) is 36.7 Å². The number of unbranched alkanes of at least 4 members (excludes halogenated alkanes) is 1. The van der Waals surface area contributed by atoms with Gasteiger partial charge in [0.2, 0.25) is 11.7 Å². The van der Waals surface area contributed by atoms with Crippen LogP contribution in [0.25, 0.3) is 11.4 Å². The van der Waals surface area contributed by atoms with Gasteiger partial charge in [0.1, 0.15) is 16.7 Å². The molecule has 0 amide bonds. The van der Waals surface area contributed by atoms with Gasteiger partial charge in [0, 0.05) is 37.6 Å². The summed E-state index contributed by atoms with van der Waals surface area (Å²) in [6, 6.07) is 6.37. The van der Waals surface area contributed by atoms with E-state index in [1.54, 1.807) is 22.9 Å². The van der Waals surface area contributed by atoms with E-state index < -0.39 is 5.97 Å². The van der Waals surface area contributed by atoms with Crippen molar-refractivity contribution in [3.63, 3.8) is 0 Å². The lowest BCUT2D eigenvalue weighted by molar-refractivity contribution is -0.118. The maximum atomic E-state index is 12.4. The van der Waals surface area contributed by atoms with Crippen LogP contribution < -0.4 is 0 Å². The smallest absolute Gasteiger partial charge is 0.339 e. The molecular weight excluding hydrogens is 410 g/mol. The van der Waals surface area contributed by atoms with Crippen LogP contribution in [0, 0.1) is 0 Å². The first-order valence-electron chi connectivity index (χ1n) is 9.63. The summed E-state index contributed by atoms with van der Waals surface area (Å²) in [6.45, 7) is 2.64. The predicted molar refractivity (Wildman–Crippen MR) is 110 cm³/mol. The molecule has 3 rings (SSSR count). The molecule has 0 bridgehead atoms. The summed E-state index contributed by atoms with van der Waals surface area (Å²) >= 11 is 6.21. The van der Waals surface area contributed by atoms with Crippen LogP contribution >= 0.6 is 11.6 Å². The largest absolute Gasteiger partial charge is 0.508 e. The van der Waals surface area contributed by atoms with Crippen LogP contribution in [0.3, 0.4) is 0 Å². The molecule has 3 aromatic rings. The average molecular weight is 432 g/mol. The molecule has 0 aliphatic heterocycles. The van der Waals surface area contributed by atoms with E-state index in [-0.39, 0.29) is 41.5 Å². The van der Waals surface area contributed by atoms with Crippen LogP contribution in [-0.2, 0) is 24.2 Å². The van der Waals surface area contributed by atoms with Crippen molar-refractivity contribution >= 4 is 23.4 Å². The van der Waals surface area contributed by atoms with Gasteiger partial charge in [-0.2, -0.15) is 4.98 Å². The minimum atomic E-state index is -1.14. The number of carboxylic acids is 1. The number of rotatable bonds is 10. The van der Waals surface area contributed by atoms with E-state index in [2.05, 4.69) is 10.1 Å². The highest BCUT2D eigenvalue weighted by molar-refractivity contribution is 6.33.